The number of aliphatic hydroxyl groups excluding tert-OH is 1. The summed E-state index contributed by atoms with van der Waals surface area (Å²) >= 11 is 1.40. The molecule has 2 heterocycles. The Morgan fingerprint density at radius 1 is 1.42 bits per heavy atom. The van der Waals surface area contributed by atoms with Gasteiger partial charge in [0.05, 0.1) is 18.3 Å². The van der Waals surface area contributed by atoms with Crippen molar-refractivity contribution in [3.63, 3.8) is 0 Å². The fraction of sp³-hybridized carbons (Fsp3) is 0.235. The zero-order valence-electron chi connectivity index (χ0n) is 13.0. The molecule has 0 amide bonds. The first-order chi connectivity index (χ1) is 11.5. The number of hydrogen-bond donors (Lipinski definition) is 1. The van der Waals surface area contributed by atoms with Crippen LogP contribution in [0.2, 0.25) is 0 Å². The zero-order chi connectivity index (χ0) is 17.1. The van der Waals surface area contributed by atoms with E-state index in [1.54, 1.807) is 30.3 Å². The van der Waals surface area contributed by atoms with Crippen molar-refractivity contribution in [3.05, 3.63) is 58.0 Å². The van der Waals surface area contributed by atoms with Gasteiger partial charge >= 0.3 is 0 Å². The van der Waals surface area contributed by atoms with Gasteiger partial charge in [0.2, 0.25) is 0 Å². The lowest BCUT2D eigenvalue weighted by Crippen LogP contribution is -2.30. The first-order valence-electron chi connectivity index (χ1n) is 7.39. The molecule has 0 saturated heterocycles. The molecule has 0 aliphatic carbocycles. The third-order valence-corrected chi connectivity index (χ3v) is 4.36. The van der Waals surface area contributed by atoms with Crippen molar-refractivity contribution in [2.45, 2.75) is 19.6 Å². The Morgan fingerprint density at radius 2 is 2.25 bits per heavy atom. The molecule has 3 aromatic rings. The van der Waals surface area contributed by atoms with E-state index in [9.17, 15) is 14.7 Å². The highest BCUT2D eigenvalue weighted by atomic mass is 32.1. The Balaban J connectivity index is 1.66. The first kappa shape index (κ1) is 16.4. The lowest BCUT2D eigenvalue weighted by Gasteiger charge is -2.14. The molecule has 0 fully saturated rings. The molecule has 0 aliphatic rings. The smallest absolute Gasteiger partial charge is 0.262 e. The van der Waals surface area contributed by atoms with E-state index in [0.717, 1.165) is 0 Å². The molecule has 1 aromatic carbocycles. The van der Waals surface area contributed by atoms with Gasteiger partial charge < -0.3 is 9.84 Å². The SMILES string of the molecule is CC(=O)c1cccc(OC[C@H](O)Cn2cnc3sccc3c2=O)c1. The van der Waals surface area contributed by atoms with E-state index in [1.807, 2.05) is 5.38 Å². The maximum absolute atomic E-state index is 12.3. The first-order valence-corrected chi connectivity index (χ1v) is 8.27. The topological polar surface area (TPSA) is 81.4 Å². The highest BCUT2D eigenvalue weighted by molar-refractivity contribution is 7.16. The average molecular weight is 344 g/mol. The molecule has 2 aromatic heterocycles. The molecule has 0 saturated carbocycles. The number of carbonyl (C=O) groups is 1. The van der Waals surface area contributed by atoms with Crippen LogP contribution in [0.4, 0.5) is 0 Å². The van der Waals surface area contributed by atoms with Crippen molar-refractivity contribution in [3.8, 4) is 5.75 Å². The number of aliphatic hydroxyl groups is 1. The molecule has 0 radical (unpaired) electrons. The monoisotopic (exact) mass is 344 g/mol. The number of fused-ring (bicyclic) bond motifs is 1. The van der Waals surface area contributed by atoms with Gasteiger partial charge in [0.1, 0.15) is 23.3 Å². The molecule has 0 spiro atoms. The standard InChI is InChI=1S/C17H16N2O4S/c1-11(20)12-3-2-4-14(7-12)23-9-13(21)8-19-10-18-16-15(17(19)22)5-6-24-16/h2-7,10,13,21H,8-9H2,1H3/t13-/m1/s1. The van der Waals surface area contributed by atoms with Crippen LogP contribution in [0.3, 0.4) is 0 Å². The number of benzene rings is 1. The van der Waals surface area contributed by atoms with Gasteiger partial charge in [-0.15, -0.1) is 11.3 Å². The number of rotatable bonds is 6. The summed E-state index contributed by atoms with van der Waals surface area (Å²) in [6.45, 7) is 1.58. The summed E-state index contributed by atoms with van der Waals surface area (Å²) in [4.78, 5) is 28.5. The van der Waals surface area contributed by atoms with Crippen LogP contribution in [0, 0.1) is 0 Å². The minimum absolute atomic E-state index is 0.00940. The minimum atomic E-state index is -0.874. The number of hydrogen-bond acceptors (Lipinski definition) is 6. The van der Waals surface area contributed by atoms with Gasteiger partial charge in [-0.05, 0) is 30.5 Å². The third-order valence-electron chi connectivity index (χ3n) is 3.54. The van der Waals surface area contributed by atoms with Crippen LogP contribution in [-0.4, -0.2) is 33.2 Å². The predicted molar refractivity (Wildman–Crippen MR) is 91.8 cm³/mol. The summed E-state index contributed by atoms with van der Waals surface area (Å²) in [6.07, 6.45) is 0.558. The second-order valence-corrected chi connectivity index (χ2v) is 6.28. The van der Waals surface area contributed by atoms with E-state index in [4.69, 9.17) is 4.74 Å². The lowest BCUT2D eigenvalue weighted by molar-refractivity contribution is 0.0913. The number of nitrogens with zero attached hydrogens (tertiary/aromatic N) is 2. The van der Waals surface area contributed by atoms with Gasteiger partial charge in [0.25, 0.3) is 5.56 Å². The number of ether oxygens (including phenoxy) is 1. The van der Waals surface area contributed by atoms with Crippen molar-refractivity contribution < 1.29 is 14.6 Å². The Morgan fingerprint density at radius 3 is 3.04 bits per heavy atom. The van der Waals surface area contributed by atoms with E-state index >= 15 is 0 Å². The third kappa shape index (κ3) is 3.52. The molecule has 7 heteroatoms. The molecule has 0 unspecified atom stereocenters. The second-order valence-electron chi connectivity index (χ2n) is 5.39. The van der Waals surface area contributed by atoms with Gasteiger partial charge in [-0.3, -0.25) is 14.2 Å². The number of Topliss-reactive ketones (excluding diaryl/α,β-unsaturated/α-hetero) is 1. The molecule has 1 atom stereocenters. The van der Waals surface area contributed by atoms with Crippen molar-refractivity contribution in [1.82, 2.24) is 9.55 Å². The normalized spacial score (nSPS) is 12.2. The molecule has 24 heavy (non-hydrogen) atoms. The van der Waals surface area contributed by atoms with E-state index in [0.29, 0.717) is 21.5 Å². The molecule has 6 nitrogen and oxygen atoms in total. The Bertz CT molecular complexity index is 931. The molecule has 1 N–H and O–H groups in total. The van der Waals surface area contributed by atoms with Gasteiger partial charge in [0.15, 0.2) is 5.78 Å². The largest absolute Gasteiger partial charge is 0.491 e. The number of ketones is 1. The van der Waals surface area contributed by atoms with Gasteiger partial charge in [-0.25, -0.2) is 4.98 Å². The average Bonchev–Trinajstić information content (AvgIpc) is 3.05. The van der Waals surface area contributed by atoms with Crippen molar-refractivity contribution in [2.75, 3.05) is 6.61 Å². The van der Waals surface area contributed by atoms with Crippen molar-refractivity contribution >= 4 is 27.3 Å². The quantitative estimate of drug-likeness (QED) is 0.693. The molecule has 0 aliphatic heterocycles. The van der Waals surface area contributed by atoms with E-state index in [-0.39, 0.29) is 24.5 Å². The van der Waals surface area contributed by atoms with Crippen LogP contribution < -0.4 is 10.3 Å². The summed E-state index contributed by atoms with van der Waals surface area (Å²) in [7, 11) is 0. The van der Waals surface area contributed by atoms with E-state index in [2.05, 4.69) is 4.98 Å². The fourth-order valence-electron chi connectivity index (χ4n) is 2.30. The molecule has 3 rings (SSSR count). The summed E-state index contributed by atoms with van der Waals surface area (Å²) in [5.74, 6) is 0.447. The van der Waals surface area contributed by atoms with Crippen molar-refractivity contribution in [2.24, 2.45) is 0 Å². The maximum atomic E-state index is 12.3. The van der Waals surface area contributed by atoms with Gasteiger partial charge in [0, 0.05) is 5.56 Å². The van der Waals surface area contributed by atoms with E-state index in [1.165, 1.54) is 29.2 Å². The highest BCUT2D eigenvalue weighted by Crippen LogP contribution is 2.15. The van der Waals surface area contributed by atoms with E-state index < -0.39 is 6.10 Å². The summed E-state index contributed by atoms with van der Waals surface area (Å²) < 4.78 is 6.88. The number of thiophene rings is 1. The highest BCUT2D eigenvalue weighted by Gasteiger charge is 2.11. The van der Waals surface area contributed by atoms with Crippen LogP contribution in [0.5, 0.6) is 5.75 Å². The van der Waals surface area contributed by atoms with Crippen LogP contribution in [0.1, 0.15) is 17.3 Å². The fourth-order valence-corrected chi connectivity index (χ4v) is 3.02. The summed E-state index contributed by atoms with van der Waals surface area (Å²) in [5.41, 5.74) is 0.365. The lowest BCUT2D eigenvalue weighted by atomic mass is 10.1. The zero-order valence-corrected chi connectivity index (χ0v) is 13.8. The Hall–Kier alpha value is -2.51. The predicted octanol–water partition coefficient (Wildman–Crippen LogP) is 2.10. The van der Waals surface area contributed by atoms with Gasteiger partial charge in [-0.1, -0.05) is 12.1 Å². The van der Waals surface area contributed by atoms with Gasteiger partial charge in [-0.2, -0.15) is 0 Å². The van der Waals surface area contributed by atoms with Crippen LogP contribution in [0.25, 0.3) is 10.2 Å². The molecular formula is C17H16N2O4S. The van der Waals surface area contributed by atoms with Crippen LogP contribution in [-0.2, 0) is 6.54 Å². The number of aromatic nitrogens is 2. The Kier molecular flexibility index (Phi) is 4.73. The molecular weight excluding hydrogens is 328 g/mol. The molecule has 124 valence electrons. The summed E-state index contributed by atoms with van der Waals surface area (Å²) in [5, 5.41) is 12.5. The Labute approximate surface area is 142 Å². The maximum Gasteiger partial charge on any atom is 0.262 e. The second kappa shape index (κ2) is 6.94. The van der Waals surface area contributed by atoms with Crippen LogP contribution in [0.15, 0.2) is 46.8 Å². The molecule has 0 bridgehead atoms. The number of carbonyl (C=O) groups excluding carboxylic acids is 1. The van der Waals surface area contributed by atoms with Crippen molar-refractivity contribution in [1.29, 1.82) is 0 Å². The van der Waals surface area contributed by atoms with Crippen LogP contribution >= 0.6 is 11.3 Å². The summed E-state index contributed by atoms with van der Waals surface area (Å²) in [6, 6.07) is 8.48. The minimum Gasteiger partial charge on any atom is -0.491 e.